The van der Waals surface area contributed by atoms with Crippen molar-refractivity contribution in [3.8, 4) is 33.4 Å². The third-order valence-corrected chi connectivity index (χ3v) is 9.36. The van der Waals surface area contributed by atoms with Gasteiger partial charge in [-0.15, -0.1) is 21.5 Å². The van der Waals surface area contributed by atoms with E-state index in [1.165, 1.54) is 30.6 Å². The number of carboxylic acids is 1. The van der Waals surface area contributed by atoms with Crippen LogP contribution < -0.4 is 9.47 Å². The number of fused-ring (bicyclic) bond motifs is 1. The van der Waals surface area contributed by atoms with Crippen LogP contribution in [0.1, 0.15) is 43.8 Å². The fourth-order valence-corrected chi connectivity index (χ4v) is 6.82. The molecule has 224 valence electrons. The third-order valence-electron chi connectivity index (χ3n) is 8.18. The maximum Gasteiger partial charge on any atom is 0.312 e. The van der Waals surface area contributed by atoms with E-state index in [0.717, 1.165) is 45.9 Å². The summed E-state index contributed by atoms with van der Waals surface area (Å²) >= 11 is 1.44. The van der Waals surface area contributed by atoms with Crippen LogP contribution in [0.4, 0.5) is 0 Å². The second-order valence-electron chi connectivity index (χ2n) is 11.1. The highest BCUT2D eigenvalue weighted by Crippen LogP contribution is 2.57. The van der Waals surface area contributed by atoms with Crippen molar-refractivity contribution in [1.82, 2.24) is 4.90 Å². The summed E-state index contributed by atoms with van der Waals surface area (Å²) in [4.78, 5) is 31.2. The lowest BCUT2D eigenvalue weighted by atomic mass is 9.92. The largest absolute Gasteiger partial charge is 0.508 e. The van der Waals surface area contributed by atoms with Crippen molar-refractivity contribution in [2.24, 2.45) is 5.41 Å². The molecule has 43 heavy (non-hydrogen) atoms. The SMILES string of the molecule is O=C(O)C1(C(O[N+](=O)[O-])c2ccc(-c3sc4cc(O)ccc4c3Oc3ccc(OCCN4CCCCC4)cc3)cc2)CC1. The molecule has 3 aromatic carbocycles. The van der Waals surface area contributed by atoms with E-state index < -0.39 is 22.6 Å². The zero-order chi connectivity index (χ0) is 30.0. The summed E-state index contributed by atoms with van der Waals surface area (Å²) in [6, 6.07) is 19.4. The van der Waals surface area contributed by atoms with Crippen LogP contribution in [0.5, 0.6) is 23.0 Å². The van der Waals surface area contributed by atoms with Crippen LogP contribution in [0, 0.1) is 15.5 Å². The van der Waals surface area contributed by atoms with E-state index in [1.807, 2.05) is 24.3 Å². The van der Waals surface area contributed by atoms with Crippen molar-refractivity contribution in [2.45, 2.75) is 38.2 Å². The summed E-state index contributed by atoms with van der Waals surface area (Å²) in [6.07, 6.45) is 3.21. The maximum atomic E-state index is 11.9. The van der Waals surface area contributed by atoms with E-state index in [9.17, 15) is 25.1 Å². The maximum absolute atomic E-state index is 11.9. The number of likely N-dealkylation sites (tertiary alicyclic amines) is 1. The number of ether oxygens (including phenoxy) is 2. The van der Waals surface area contributed by atoms with Gasteiger partial charge in [-0.1, -0.05) is 30.7 Å². The average molecular weight is 605 g/mol. The quantitative estimate of drug-likeness (QED) is 0.129. The molecule has 4 aromatic rings. The van der Waals surface area contributed by atoms with Crippen LogP contribution >= 0.6 is 11.3 Å². The van der Waals surface area contributed by atoms with Crippen LogP contribution in [0.15, 0.2) is 66.7 Å². The Kier molecular flexibility index (Phi) is 8.09. The summed E-state index contributed by atoms with van der Waals surface area (Å²) in [7, 11) is 0. The highest BCUT2D eigenvalue weighted by atomic mass is 32.1. The van der Waals surface area contributed by atoms with Crippen LogP contribution in [0.25, 0.3) is 20.5 Å². The van der Waals surface area contributed by atoms with E-state index >= 15 is 0 Å². The lowest BCUT2D eigenvalue weighted by molar-refractivity contribution is -0.773. The molecular weight excluding hydrogens is 572 g/mol. The minimum absolute atomic E-state index is 0.136. The van der Waals surface area contributed by atoms with Crippen molar-refractivity contribution in [3.63, 3.8) is 0 Å². The van der Waals surface area contributed by atoms with Gasteiger partial charge in [-0.2, -0.15) is 0 Å². The van der Waals surface area contributed by atoms with E-state index in [1.54, 1.807) is 42.5 Å². The van der Waals surface area contributed by atoms with Crippen molar-refractivity contribution in [2.75, 3.05) is 26.2 Å². The first-order valence-electron chi connectivity index (χ1n) is 14.4. The molecule has 6 rings (SSSR count). The van der Waals surface area contributed by atoms with Gasteiger partial charge in [-0.25, -0.2) is 0 Å². The highest BCUT2D eigenvalue weighted by molar-refractivity contribution is 7.22. The molecule has 10 nitrogen and oxygen atoms in total. The van der Waals surface area contributed by atoms with E-state index in [-0.39, 0.29) is 5.75 Å². The van der Waals surface area contributed by atoms with Gasteiger partial charge >= 0.3 is 5.97 Å². The molecule has 2 heterocycles. The fourth-order valence-electron chi connectivity index (χ4n) is 5.65. The van der Waals surface area contributed by atoms with Gasteiger partial charge in [-0.3, -0.25) is 9.69 Å². The molecule has 11 heteroatoms. The number of benzene rings is 3. The Labute approximate surface area is 252 Å². The smallest absolute Gasteiger partial charge is 0.312 e. The molecule has 0 bridgehead atoms. The number of aromatic hydroxyl groups is 1. The number of hydrogen-bond acceptors (Lipinski definition) is 9. The Hall–Kier alpha value is -4.35. The number of phenols is 1. The summed E-state index contributed by atoms with van der Waals surface area (Å²) in [6.45, 7) is 3.79. The molecule has 1 aliphatic heterocycles. The normalized spacial score (nSPS) is 16.8. The van der Waals surface area contributed by atoms with Gasteiger partial charge in [0.1, 0.15) is 30.0 Å². The molecule has 1 atom stereocenters. The Morgan fingerprint density at radius 1 is 1.00 bits per heavy atom. The Bertz CT molecular complexity index is 1610. The Morgan fingerprint density at radius 2 is 1.70 bits per heavy atom. The van der Waals surface area contributed by atoms with Crippen molar-refractivity contribution >= 4 is 27.4 Å². The predicted octanol–water partition coefficient (Wildman–Crippen LogP) is 7.05. The monoisotopic (exact) mass is 604 g/mol. The van der Waals surface area contributed by atoms with Gasteiger partial charge in [0.25, 0.3) is 5.09 Å². The average Bonchev–Trinajstić information content (AvgIpc) is 3.75. The number of phenolic OH excluding ortho intramolecular Hbond substituents is 1. The summed E-state index contributed by atoms with van der Waals surface area (Å²) in [5.74, 6) is 1.01. The van der Waals surface area contributed by atoms with Crippen LogP contribution in [0.3, 0.4) is 0 Å². The first kappa shape index (κ1) is 28.8. The lowest BCUT2D eigenvalue weighted by Gasteiger charge is -2.26. The van der Waals surface area contributed by atoms with E-state index in [2.05, 4.69) is 4.90 Å². The second kappa shape index (κ2) is 12.1. The molecule has 0 spiro atoms. The van der Waals surface area contributed by atoms with E-state index in [4.69, 9.17) is 14.3 Å². The van der Waals surface area contributed by atoms with E-state index in [0.29, 0.717) is 36.5 Å². The molecule has 0 amide bonds. The number of hydrogen-bond donors (Lipinski definition) is 2. The predicted molar refractivity (Wildman–Crippen MR) is 161 cm³/mol. The first-order valence-corrected chi connectivity index (χ1v) is 15.2. The molecule has 2 N–H and O–H groups in total. The Balaban J connectivity index is 1.23. The van der Waals surface area contributed by atoms with Gasteiger partial charge in [0.05, 0.1) is 10.3 Å². The molecule has 2 fully saturated rings. The van der Waals surface area contributed by atoms with Gasteiger partial charge in [0.2, 0.25) is 0 Å². The first-order chi connectivity index (χ1) is 20.8. The molecular formula is C32H32N2O8S. The van der Waals surface area contributed by atoms with Crippen LogP contribution in [-0.2, 0) is 9.63 Å². The molecule has 1 unspecified atom stereocenters. The van der Waals surface area contributed by atoms with Crippen molar-refractivity contribution in [1.29, 1.82) is 0 Å². The van der Waals surface area contributed by atoms with Crippen LogP contribution in [-0.4, -0.2) is 52.4 Å². The lowest BCUT2D eigenvalue weighted by Crippen LogP contribution is -2.33. The molecule has 1 aliphatic carbocycles. The number of carbonyl (C=O) groups is 1. The molecule has 1 saturated carbocycles. The standard InChI is InChI=1S/C32H32N2O8S/c35-23-8-13-26-27(20-23)43-29(21-4-6-22(7-5-21)30(42-34(38)39)32(14-15-32)31(36)37)28(26)41-25-11-9-24(10-12-25)40-19-18-33-16-2-1-3-17-33/h4-13,20,30,35H,1-3,14-19H2,(H,36,37). The molecule has 1 saturated heterocycles. The second-order valence-corrected chi connectivity index (χ2v) is 12.1. The number of nitrogens with zero attached hydrogens (tertiary/aromatic N) is 2. The summed E-state index contributed by atoms with van der Waals surface area (Å²) < 4.78 is 13.2. The van der Waals surface area contributed by atoms with Crippen molar-refractivity contribution < 1.29 is 34.4 Å². The highest BCUT2D eigenvalue weighted by Gasteiger charge is 2.58. The number of piperidine rings is 1. The zero-order valence-electron chi connectivity index (χ0n) is 23.4. The summed E-state index contributed by atoms with van der Waals surface area (Å²) in [5.41, 5.74) is -0.115. The molecule has 1 aromatic heterocycles. The third kappa shape index (κ3) is 6.23. The number of aliphatic carboxylic acids is 1. The minimum atomic E-state index is -1.30. The number of rotatable bonds is 12. The summed E-state index contributed by atoms with van der Waals surface area (Å²) in [5, 5.41) is 30.9. The van der Waals surface area contributed by atoms with Gasteiger partial charge in [0.15, 0.2) is 5.75 Å². The topological polar surface area (TPSA) is 132 Å². The zero-order valence-corrected chi connectivity index (χ0v) is 24.3. The van der Waals surface area contributed by atoms with Gasteiger partial charge in [0, 0.05) is 16.6 Å². The molecule has 0 radical (unpaired) electrons. The Morgan fingerprint density at radius 3 is 2.35 bits per heavy atom. The van der Waals surface area contributed by atoms with Gasteiger partial charge in [-0.05, 0) is 92.4 Å². The number of carboxylic acid groups (broad SMARTS) is 1. The van der Waals surface area contributed by atoms with Crippen LogP contribution in [0.2, 0.25) is 0 Å². The number of thiophene rings is 1. The molecule has 2 aliphatic rings. The van der Waals surface area contributed by atoms with Crippen molar-refractivity contribution in [3.05, 3.63) is 82.4 Å². The van der Waals surface area contributed by atoms with Gasteiger partial charge < -0.3 is 24.5 Å². The fraction of sp³-hybridized carbons (Fsp3) is 0.344. The minimum Gasteiger partial charge on any atom is -0.508 e.